The van der Waals surface area contributed by atoms with Crippen molar-refractivity contribution in [3.8, 4) is 0 Å². The van der Waals surface area contributed by atoms with E-state index in [1.165, 1.54) is 0 Å². The molecular weight excluding hydrogens is 113 g/mol. The molecule has 3 heteroatoms. The molecule has 0 aromatic heterocycles. The van der Waals surface area contributed by atoms with E-state index in [1.54, 1.807) is 0 Å². The molecule has 0 heterocycles. The molecule has 0 bridgehead atoms. The summed E-state index contributed by atoms with van der Waals surface area (Å²) in [4.78, 5) is 10.2. The average Bonchev–Trinajstić information content (AvgIpc) is 1.82. The molecule has 0 saturated carbocycles. The first-order valence-electron chi connectivity index (χ1n) is 3.26. The van der Waals surface area contributed by atoms with Gasteiger partial charge in [0.2, 0.25) is 7.85 Å². The van der Waals surface area contributed by atoms with Crippen LogP contribution >= 0.6 is 0 Å². The molecule has 0 aromatic rings. The quantitative estimate of drug-likeness (QED) is 0.561. The molecule has 0 aliphatic heterocycles. The first-order chi connectivity index (χ1) is 4.20. The predicted molar refractivity (Wildman–Crippen MR) is 38.7 cm³/mol. The van der Waals surface area contributed by atoms with Gasteiger partial charge < -0.3 is 5.32 Å². The lowest BCUT2D eigenvalue weighted by Crippen LogP contribution is -2.32. The second kappa shape index (κ2) is 4.42. The molecule has 0 spiro atoms. The smallest absolute Gasteiger partial charge is 0.200 e. The summed E-state index contributed by atoms with van der Waals surface area (Å²) in [5.74, 6) is -0.427. The fourth-order valence-corrected chi connectivity index (χ4v) is 0.694. The third kappa shape index (κ3) is 4.07. The Morgan fingerprint density at radius 3 is 2.11 bits per heavy atom. The zero-order valence-corrected chi connectivity index (χ0v) is 5.98. The van der Waals surface area contributed by atoms with E-state index in [2.05, 4.69) is 5.32 Å². The molecule has 0 aliphatic rings. The molecule has 0 saturated heterocycles. The standard InChI is InChI=1S/C6H12BNO/c1-3-5(4-2)8-6(7)9/h5H,3-4H2,1-2H3,(H,8,9). The summed E-state index contributed by atoms with van der Waals surface area (Å²) in [5.41, 5.74) is 0. The number of rotatable bonds is 3. The lowest BCUT2D eigenvalue weighted by Gasteiger charge is -2.12. The van der Waals surface area contributed by atoms with Gasteiger partial charge >= 0.3 is 0 Å². The predicted octanol–water partition coefficient (Wildman–Crippen LogP) is 1.05. The Morgan fingerprint density at radius 2 is 2.00 bits per heavy atom. The Kier molecular flexibility index (Phi) is 4.19. The summed E-state index contributed by atoms with van der Waals surface area (Å²) in [6, 6.07) is 0.252. The van der Waals surface area contributed by atoms with E-state index < -0.39 is 5.81 Å². The zero-order chi connectivity index (χ0) is 7.28. The number of hydrogen-bond donors (Lipinski definition) is 1. The fourth-order valence-electron chi connectivity index (χ4n) is 0.694. The van der Waals surface area contributed by atoms with Gasteiger partial charge in [-0.15, -0.1) is 0 Å². The molecule has 0 fully saturated rings. The second-order valence-corrected chi connectivity index (χ2v) is 2.02. The third-order valence-corrected chi connectivity index (χ3v) is 1.33. The first-order valence-corrected chi connectivity index (χ1v) is 3.26. The van der Waals surface area contributed by atoms with Crippen LogP contribution in [0.15, 0.2) is 0 Å². The van der Waals surface area contributed by atoms with Crippen LogP contribution < -0.4 is 5.32 Å². The van der Waals surface area contributed by atoms with Gasteiger partial charge in [0.1, 0.15) is 0 Å². The van der Waals surface area contributed by atoms with Crippen LogP contribution in [0, 0.1) is 0 Å². The third-order valence-electron chi connectivity index (χ3n) is 1.33. The van der Waals surface area contributed by atoms with Gasteiger partial charge in [0.25, 0.3) is 0 Å². The lowest BCUT2D eigenvalue weighted by atomic mass is 10.1. The second-order valence-electron chi connectivity index (χ2n) is 2.02. The van der Waals surface area contributed by atoms with E-state index in [-0.39, 0.29) is 6.04 Å². The largest absolute Gasteiger partial charge is 0.363 e. The highest BCUT2D eigenvalue weighted by Gasteiger charge is 2.01. The summed E-state index contributed by atoms with van der Waals surface area (Å²) >= 11 is 0. The summed E-state index contributed by atoms with van der Waals surface area (Å²) < 4.78 is 0. The molecule has 0 rings (SSSR count). The van der Waals surface area contributed by atoms with Crippen LogP contribution in [0.5, 0.6) is 0 Å². The Hall–Kier alpha value is -0.465. The van der Waals surface area contributed by atoms with Crippen molar-refractivity contribution < 1.29 is 4.79 Å². The average molecular weight is 125 g/mol. The van der Waals surface area contributed by atoms with Gasteiger partial charge in [0.15, 0.2) is 5.81 Å². The molecule has 2 nitrogen and oxygen atoms in total. The number of carbonyl (C=O) groups excluding carboxylic acids is 1. The van der Waals surface area contributed by atoms with Crippen molar-refractivity contribution in [2.75, 3.05) is 0 Å². The first kappa shape index (κ1) is 8.53. The maximum Gasteiger partial charge on any atom is 0.200 e. The highest BCUT2D eigenvalue weighted by atomic mass is 16.1. The van der Waals surface area contributed by atoms with Crippen molar-refractivity contribution in [3.05, 3.63) is 0 Å². The van der Waals surface area contributed by atoms with Crippen LogP contribution in [0.25, 0.3) is 0 Å². The number of carbonyl (C=O) groups is 1. The molecule has 0 aliphatic carbocycles. The van der Waals surface area contributed by atoms with Crippen molar-refractivity contribution in [1.29, 1.82) is 0 Å². The van der Waals surface area contributed by atoms with Crippen molar-refractivity contribution in [3.63, 3.8) is 0 Å². The topological polar surface area (TPSA) is 29.1 Å². The maximum absolute atomic E-state index is 10.2. The highest BCUT2D eigenvalue weighted by molar-refractivity contribution is 6.57. The van der Waals surface area contributed by atoms with Crippen molar-refractivity contribution >= 4 is 13.7 Å². The molecule has 0 unspecified atom stereocenters. The summed E-state index contributed by atoms with van der Waals surface area (Å²) in [7, 11) is 4.89. The van der Waals surface area contributed by atoms with Crippen LogP contribution in [0.4, 0.5) is 4.79 Å². The van der Waals surface area contributed by atoms with E-state index in [0.717, 1.165) is 12.8 Å². The van der Waals surface area contributed by atoms with Gasteiger partial charge in [0, 0.05) is 6.04 Å². The normalized spacial score (nSPS) is 9.67. The van der Waals surface area contributed by atoms with Gasteiger partial charge in [-0.1, -0.05) is 13.8 Å². The van der Waals surface area contributed by atoms with E-state index in [9.17, 15) is 4.79 Å². The van der Waals surface area contributed by atoms with Crippen LogP contribution in [-0.4, -0.2) is 19.7 Å². The molecule has 1 N–H and O–H groups in total. The molecule has 9 heavy (non-hydrogen) atoms. The lowest BCUT2D eigenvalue weighted by molar-refractivity contribution is 0.255. The van der Waals surface area contributed by atoms with Crippen LogP contribution in [0.1, 0.15) is 26.7 Å². The summed E-state index contributed by atoms with van der Waals surface area (Å²) in [6.45, 7) is 4.04. The Balaban J connectivity index is 3.43. The molecule has 2 radical (unpaired) electrons. The zero-order valence-electron chi connectivity index (χ0n) is 5.98. The monoisotopic (exact) mass is 125 g/mol. The van der Waals surface area contributed by atoms with E-state index >= 15 is 0 Å². The minimum absolute atomic E-state index is 0.252. The van der Waals surface area contributed by atoms with Crippen molar-refractivity contribution in [2.24, 2.45) is 0 Å². The summed E-state index contributed by atoms with van der Waals surface area (Å²) in [5, 5.41) is 2.62. The van der Waals surface area contributed by atoms with Crippen LogP contribution in [0.2, 0.25) is 0 Å². The van der Waals surface area contributed by atoms with E-state index in [4.69, 9.17) is 7.85 Å². The van der Waals surface area contributed by atoms with Crippen LogP contribution in [-0.2, 0) is 0 Å². The Bertz CT molecular complexity index is 91.1. The number of amides is 1. The van der Waals surface area contributed by atoms with Gasteiger partial charge in [-0.3, -0.25) is 4.79 Å². The number of nitrogens with one attached hydrogen (secondary N) is 1. The van der Waals surface area contributed by atoms with Crippen LogP contribution in [0.3, 0.4) is 0 Å². The Morgan fingerprint density at radius 1 is 1.56 bits per heavy atom. The van der Waals surface area contributed by atoms with Crippen molar-refractivity contribution in [1.82, 2.24) is 5.32 Å². The van der Waals surface area contributed by atoms with Crippen molar-refractivity contribution in [2.45, 2.75) is 32.7 Å². The van der Waals surface area contributed by atoms with Gasteiger partial charge in [0.05, 0.1) is 0 Å². The fraction of sp³-hybridized carbons (Fsp3) is 0.833. The highest BCUT2D eigenvalue weighted by Crippen LogP contribution is 1.94. The number of hydrogen-bond acceptors (Lipinski definition) is 1. The Labute approximate surface area is 57.4 Å². The van der Waals surface area contributed by atoms with Gasteiger partial charge in [-0.25, -0.2) is 0 Å². The summed E-state index contributed by atoms with van der Waals surface area (Å²) in [6.07, 6.45) is 1.89. The minimum atomic E-state index is -0.427. The minimum Gasteiger partial charge on any atom is -0.363 e. The molecule has 1 amide bonds. The maximum atomic E-state index is 10.2. The van der Waals surface area contributed by atoms with Gasteiger partial charge in [-0.2, -0.15) is 0 Å². The molecule has 0 aromatic carbocycles. The van der Waals surface area contributed by atoms with E-state index in [1.807, 2.05) is 13.8 Å². The SMILES string of the molecule is [B]C(=O)NC(CC)CC. The molecule has 50 valence electrons. The molecular formula is C6H12BNO. The van der Waals surface area contributed by atoms with E-state index in [0.29, 0.717) is 0 Å². The van der Waals surface area contributed by atoms with Gasteiger partial charge in [-0.05, 0) is 12.8 Å². The molecule has 0 atom stereocenters.